The summed E-state index contributed by atoms with van der Waals surface area (Å²) in [7, 11) is 0. The lowest BCUT2D eigenvalue weighted by atomic mass is 9.72. The zero-order valence-corrected chi connectivity index (χ0v) is 14.0. The Balaban J connectivity index is 2.02. The molecule has 0 aromatic heterocycles. The van der Waals surface area contributed by atoms with Gasteiger partial charge in [0.05, 0.1) is 13.2 Å². The first-order valence-electron chi connectivity index (χ1n) is 8.50. The molecule has 1 aliphatic heterocycles. The van der Waals surface area contributed by atoms with Crippen LogP contribution in [-0.2, 0) is 4.74 Å². The molecule has 2 fully saturated rings. The van der Waals surface area contributed by atoms with Crippen LogP contribution >= 0.6 is 0 Å². The van der Waals surface area contributed by atoms with Crippen LogP contribution in [-0.4, -0.2) is 49.3 Å². The number of nitrogens with zero attached hydrogens (tertiary/aromatic N) is 1. The van der Waals surface area contributed by atoms with Crippen molar-refractivity contribution < 1.29 is 4.74 Å². The second-order valence-corrected chi connectivity index (χ2v) is 7.88. The minimum absolute atomic E-state index is 0.195. The summed E-state index contributed by atoms with van der Waals surface area (Å²) in [4.78, 5) is 2.68. The van der Waals surface area contributed by atoms with Crippen LogP contribution in [0.1, 0.15) is 59.8 Å². The van der Waals surface area contributed by atoms with Gasteiger partial charge >= 0.3 is 0 Å². The van der Waals surface area contributed by atoms with Gasteiger partial charge in [-0.15, -0.1) is 0 Å². The third kappa shape index (κ3) is 4.19. The second-order valence-electron chi connectivity index (χ2n) is 7.88. The minimum Gasteiger partial charge on any atom is -0.378 e. The molecule has 118 valence electrons. The van der Waals surface area contributed by atoms with Crippen molar-refractivity contribution in [2.45, 2.75) is 71.4 Å². The molecule has 2 rings (SSSR count). The first-order valence-corrected chi connectivity index (χ1v) is 8.50. The van der Waals surface area contributed by atoms with E-state index in [0.717, 1.165) is 19.8 Å². The first kappa shape index (κ1) is 16.3. The maximum Gasteiger partial charge on any atom is 0.0645 e. The molecular formula is C17H34N2O. The molecule has 1 saturated heterocycles. The Kier molecular flexibility index (Phi) is 5.49. The number of morpholine rings is 1. The van der Waals surface area contributed by atoms with Crippen molar-refractivity contribution in [3.05, 3.63) is 0 Å². The summed E-state index contributed by atoms with van der Waals surface area (Å²) in [5, 5.41) is 3.72. The zero-order valence-electron chi connectivity index (χ0n) is 14.0. The molecule has 1 N–H and O–H groups in total. The molecule has 3 heteroatoms. The molecule has 0 bridgehead atoms. The van der Waals surface area contributed by atoms with E-state index in [1.54, 1.807) is 0 Å². The topological polar surface area (TPSA) is 24.5 Å². The number of ether oxygens (including phenoxy) is 1. The summed E-state index contributed by atoms with van der Waals surface area (Å²) >= 11 is 0. The van der Waals surface area contributed by atoms with Crippen LogP contribution in [0.25, 0.3) is 0 Å². The fourth-order valence-corrected chi connectivity index (χ4v) is 3.70. The van der Waals surface area contributed by atoms with E-state index in [9.17, 15) is 0 Å². The van der Waals surface area contributed by atoms with Crippen molar-refractivity contribution in [1.29, 1.82) is 0 Å². The monoisotopic (exact) mass is 282 g/mol. The van der Waals surface area contributed by atoms with Gasteiger partial charge in [0.1, 0.15) is 0 Å². The number of rotatable bonds is 5. The highest BCUT2D eigenvalue weighted by Gasteiger charge is 2.39. The molecule has 0 unspecified atom stereocenters. The van der Waals surface area contributed by atoms with E-state index in [2.05, 4.69) is 37.9 Å². The Bertz CT molecular complexity index is 295. The number of nitrogens with one attached hydrogen (secondary N) is 1. The van der Waals surface area contributed by atoms with Gasteiger partial charge in [0.2, 0.25) is 0 Å². The van der Waals surface area contributed by atoms with Crippen LogP contribution in [0.4, 0.5) is 0 Å². The summed E-state index contributed by atoms with van der Waals surface area (Å²) in [5.74, 6) is 0. The number of hydrogen-bond donors (Lipinski definition) is 1. The fraction of sp³-hybridized carbons (Fsp3) is 1.00. The maximum absolute atomic E-state index is 5.68. The molecule has 1 heterocycles. The molecular weight excluding hydrogens is 248 g/mol. The molecule has 0 spiro atoms. The average Bonchev–Trinajstić information content (AvgIpc) is 2.40. The standard InChI is InChI=1S/C17H34N2O/c1-15(2)18-12-17(8-6-5-7-9-17)13-19-10-11-20-14-16(19,3)4/h15,18H,5-14H2,1-4H3. The van der Waals surface area contributed by atoms with E-state index in [1.165, 1.54) is 45.2 Å². The third-order valence-corrected chi connectivity index (χ3v) is 5.14. The molecule has 0 radical (unpaired) electrons. The molecule has 0 aromatic carbocycles. The normalized spacial score (nSPS) is 26.9. The quantitative estimate of drug-likeness (QED) is 0.839. The van der Waals surface area contributed by atoms with E-state index < -0.39 is 0 Å². The SMILES string of the molecule is CC(C)NCC1(CN2CCOCC2(C)C)CCCCC1. The van der Waals surface area contributed by atoms with Crippen molar-refractivity contribution in [2.24, 2.45) is 5.41 Å². The first-order chi connectivity index (χ1) is 9.44. The summed E-state index contributed by atoms with van der Waals surface area (Å²) in [6, 6.07) is 0.589. The van der Waals surface area contributed by atoms with Gasteiger partial charge in [-0.3, -0.25) is 4.90 Å². The predicted molar refractivity (Wildman–Crippen MR) is 85.1 cm³/mol. The van der Waals surface area contributed by atoms with Crippen LogP contribution in [0, 0.1) is 5.41 Å². The lowest BCUT2D eigenvalue weighted by Crippen LogP contribution is -2.58. The number of hydrogen-bond acceptors (Lipinski definition) is 3. The fourth-order valence-electron chi connectivity index (χ4n) is 3.70. The van der Waals surface area contributed by atoms with Crippen LogP contribution in [0.15, 0.2) is 0 Å². The predicted octanol–water partition coefficient (Wildman–Crippen LogP) is 3.05. The van der Waals surface area contributed by atoms with Crippen LogP contribution in [0.5, 0.6) is 0 Å². The highest BCUT2D eigenvalue weighted by atomic mass is 16.5. The van der Waals surface area contributed by atoms with E-state index in [1.807, 2.05) is 0 Å². The van der Waals surface area contributed by atoms with Gasteiger partial charge in [-0.1, -0.05) is 33.1 Å². The van der Waals surface area contributed by atoms with Crippen LogP contribution < -0.4 is 5.32 Å². The molecule has 0 aromatic rings. The van der Waals surface area contributed by atoms with Gasteiger partial charge < -0.3 is 10.1 Å². The van der Waals surface area contributed by atoms with E-state index in [0.29, 0.717) is 11.5 Å². The van der Waals surface area contributed by atoms with Gasteiger partial charge in [0.25, 0.3) is 0 Å². The minimum atomic E-state index is 0.195. The molecule has 3 nitrogen and oxygen atoms in total. The maximum atomic E-state index is 5.68. The smallest absolute Gasteiger partial charge is 0.0645 e. The summed E-state index contributed by atoms with van der Waals surface area (Å²) in [5.41, 5.74) is 0.678. The molecule has 0 amide bonds. The summed E-state index contributed by atoms with van der Waals surface area (Å²) in [6.07, 6.45) is 7.02. The van der Waals surface area contributed by atoms with E-state index >= 15 is 0 Å². The highest BCUT2D eigenvalue weighted by molar-refractivity contribution is 4.93. The third-order valence-electron chi connectivity index (χ3n) is 5.14. The lowest BCUT2D eigenvalue weighted by molar-refractivity contribution is -0.0728. The molecule has 1 saturated carbocycles. The molecule has 0 atom stereocenters. The Labute approximate surface area is 125 Å². The molecule has 20 heavy (non-hydrogen) atoms. The van der Waals surface area contributed by atoms with Crippen molar-refractivity contribution in [3.63, 3.8) is 0 Å². The summed E-state index contributed by atoms with van der Waals surface area (Å²) < 4.78 is 5.68. The average molecular weight is 282 g/mol. The van der Waals surface area contributed by atoms with Crippen molar-refractivity contribution >= 4 is 0 Å². The molecule has 1 aliphatic carbocycles. The zero-order chi connectivity index (χ0) is 14.6. The van der Waals surface area contributed by atoms with Crippen molar-refractivity contribution in [3.8, 4) is 0 Å². The molecule has 2 aliphatic rings. The Morgan fingerprint density at radius 3 is 2.45 bits per heavy atom. The van der Waals surface area contributed by atoms with Crippen molar-refractivity contribution in [1.82, 2.24) is 10.2 Å². The largest absolute Gasteiger partial charge is 0.378 e. The van der Waals surface area contributed by atoms with Gasteiger partial charge in [0.15, 0.2) is 0 Å². The lowest BCUT2D eigenvalue weighted by Gasteiger charge is -2.49. The Hall–Kier alpha value is -0.120. The van der Waals surface area contributed by atoms with Gasteiger partial charge in [-0.2, -0.15) is 0 Å². The second kappa shape index (κ2) is 6.76. The summed E-state index contributed by atoms with van der Waals surface area (Å²) in [6.45, 7) is 14.5. The van der Waals surface area contributed by atoms with E-state index in [4.69, 9.17) is 4.74 Å². The van der Waals surface area contributed by atoms with Gasteiger partial charge in [0, 0.05) is 31.2 Å². The Morgan fingerprint density at radius 2 is 1.85 bits per heavy atom. The van der Waals surface area contributed by atoms with Crippen LogP contribution in [0.3, 0.4) is 0 Å². The van der Waals surface area contributed by atoms with Crippen LogP contribution in [0.2, 0.25) is 0 Å². The van der Waals surface area contributed by atoms with Crippen molar-refractivity contribution in [2.75, 3.05) is 32.8 Å². The van der Waals surface area contributed by atoms with Gasteiger partial charge in [-0.25, -0.2) is 0 Å². The highest BCUT2D eigenvalue weighted by Crippen LogP contribution is 2.38. The van der Waals surface area contributed by atoms with E-state index in [-0.39, 0.29) is 5.54 Å². The van der Waals surface area contributed by atoms with Gasteiger partial charge in [-0.05, 0) is 32.1 Å². The Morgan fingerprint density at radius 1 is 1.15 bits per heavy atom.